The maximum absolute atomic E-state index is 6.00. The van der Waals surface area contributed by atoms with E-state index in [0.717, 1.165) is 18.6 Å². The molecule has 0 aliphatic carbocycles. The van der Waals surface area contributed by atoms with E-state index in [9.17, 15) is 0 Å². The first-order chi connectivity index (χ1) is 8.57. The van der Waals surface area contributed by atoms with Crippen molar-refractivity contribution in [3.63, 3.8) is 0 Å². The van der Waals surface area contributed by atoms with Gasteiger partial charge in [-0.15, -0.1) is 0 Å². The highest BCUT2D eigenvalue weighted by Gasteiger charge is 2.31. The number of rotatable bonds is 8. The summed E-state index contributed by atoms with van der Waals surface area (Å²) in [7, 11) is 0. The van der Waals surface area contributed by atoms with Crippen LogP contribution in [0.3, 0.4) is 0 Å². The van der Waals surface area contributed by atoms with Gasteiger partial charge in [-0.3, -0.25) is 0 Å². The van der Waals surface area contributed by atoms with Gasteiger partial charge in [0.25, 0.3) is 0 Å². The van der Waals surface area contributed by atoms with Crippen molar-refractivity contribution in [2.45, 2.75) is 45.3 Å². The monoisotopic (exact) mass is 273 g/mol. The van der Waals surface area contributed by atoms with Gasteiger partial charge in [-0.2, -0.15) is 16.7 Å². The first-order valence-corrected chi connectivity index (χ1v) is 7.69. The van der Waals surface area contributed by atoms with Gasteiger partial charge in [0.05, 0.1) is 6.04 Å². The zero-order chi connectivity index (χ0) is 13.6. The SMILES string of the molecule is CCOC(C)(CC)c1noc([C@H](N)CCSC)n1. The van der Waals surface area contributed by atoms with Gasteiger partial charge < -0.3 is 15.0 Å². The summed E-state index contributed by atoms with van der Waals surface area (Å²) in [6.07, 6.45) is 3.68. The first kappa shape index (κ1) is 15.5. The normalized spacial score (nSPS) is 16.5. The molecule has 18 heavy (non-hydrogen) atoms. The van der Waals surface area contributed by atoms with Gasteiger partial charge in [0.2, 0.25) is 11.7 Å². The molecule has 1 aromatic rings. The Hall–Kier alpha value is -0.590. The molecule has 2 N–H and O–H groups in total. The van der Waals surface area contributed by atoms with Crippen LogP contribution >= 0.6 is 11.8 Å². The summed E-state index contributed by atoms with van der Waals surface area (Å²) < 4.78 is 11.0. The first-order valence-electron chi connectivity index (χ1n) is 6.30. The topological polar surface area (TPSA) is 74.2 Å². The Morgan fingerprint density at radius 1 is 1.50 bits per heavy atom. The van der Waals surface area contributed by atoms with Crippen molar-refractivity contribution < 1.29 is 9.26 Å². The predicted molar refractivity (Wildman–Crippen MR) is 73.5 cm³/mol. The molecular weight excluding hydrogens is 250 g/mol. The number of hydrogen-bond donors (Lipinski definition) is 1. The minimum atomic E-state index is -0.490. The summed E-state index contributed by atoms with van der Waals surface area (Å²) in [4.78, 5) is 4.39. The number of aromatic nitrogens is 2. The lowest BCUT2D eigenvalue weighted by Gasteiger charge is -2.23. The summed E-state index contributed by atoms with van der Waals surface area (Å²) in [6.45, 7) is 6.59. The second-order valence-electron chi connectivity index (χ2n) is 4.36. The molecule has 6 heteroatoms. The average Bonchev–Trinajstić information content (AvgIpc) is 2.86. The van der Waals surface area contributed by atoms with Crippen LogP contribution in [-0.2, 0) is 10.3 Å². The van der Waals surface area contributed by atoms with Crippen molar-refractivity contribution in [2.24, 2.45) is 5.73 Å². The average molecular weight is 273 g/mol. The molecule has 0 radical (unpaired) electrons. The van der Waals surface area contributed by atoms with Gasteiger partial charge in [-0.05, 0) is 38.7 Å². The van der Waals surface area contributed by atoms with Gasteiger partial charge in [0.1, 0.15) is 5.60 Å². The fourth-order valence-corrected chi connectivity index (χ4v) is 2.10. The zero-order valence-corrected chi connectivity index (χ0v) is 12.4. The van der Waals surface area contributed by atoms with Crippen molar-refractivity contribution in [1.29, 1.82) is 0 Å². The Morgan fingerprint density at radius 2 is 2.22 bits per heavy atom. The Labute approximate surface area is 113 Å². The lowest BCUT2D eigenvalue weighted by Crippen LogP contribution is -2.26. The Morgan fingerprint density at radius 3 is 2.78 bits per heavy atom. The predicted octanol–water partition coefficient (Wildman–Crippen LogP) is 2.48. The Bertz CT molecular complexity index is 359. The van der Waals surface area contributed by atoms with Gasteiger partial charge >= 0.3 is 0 Å². The van der Waals surface area contributed by atoms with Crippen LogP contribution in [0, 0.1) is 0 Å². The molecule has 104 valence electrons. The Balaban J connectivity index is 2.78. The molecule has 0 fully saturated rings. The fraction of sp³-hybridized carbons (Fsp3) is 0.833. The lowest BCUT2D eigenvalue weighted by molar-refractivity contribution is -0.0403. The van der Waals surface area contributed by atoms with Crippen LogP contribution < -0.4 is 5.73 Å². The minimum Gasteiger partial charge on any atom is -0.367 e. The molecule has 0 aromatic carbocycles. The highest BCUT2D eigenvalue weighted by atomic mass is 32.2. The third-order valence-corrected chi connectivity index (χ3v) is 3.65. The van der Waals surface area contributed by atoms with Crippen LogP contribution in [0.4, 0.5) is 0 Å². The molecule has 0 saturated carbocycles. The number of nitrogens with zero attached hydrogens (tertiary/aromatic N) is 2. The maximum atomic E-state index is 6.00. The second-order valence-corrected chi connectivity index (χ2v) is 5.35. The second kappa shape index (κ2) is 7.11. The zero-order valence-electron chi connectivity index (χ0n) is 11.6. The molecule has 0 aliphatic rings. The molecule has 0 saturated heterocycles. The largest absolute Gasteiger partial charge is 0.367 e. The molecule has 0 bridgehead atoms. The van der Waals surface area contributed by atoms with Crippen molar-refractivity contribution >= 4 is 11.8 Å². The van der Waals surface area contributed by atoms with Crippen LogP contribution in [0.15, 0.2) is 4.52 Å². The van der Waals surface area contributed by atoms with Crippen LogP contribution in [0.25, 0.3) is 0 Å². The van der Waals surface area contributed by atoms with E-state index >= 15 is 0 Å². The molecule has 1 unspecified atom stereocenters. The van der Waals surface area contributed by atoms with Crippen molar-refractivity contribution in [3.05, 3.63) is 11.7 Å². The summed E-state index contributed by atoms with van der Waals surface area (Å²) in [5, 5.41) is 4.01. The van der Waals surface area contributed by atoms with Gasteiger partial charge in [0.15, 0.2) is 0 Å². The van der Waals surface area contributed by atoms with E-state index in [4.69, 9.17) is 15.0 Å². The van der Waals surface area contributed by atoms with Gasteiger partial charge in [-0.25, -0.2) is 0 Å². The van der Waals surface area contributed by atoms with Crippen molar-refractivity contribution in [1.82, 2.24) is 10.1 Å². The summed E-state index contributed by atoms with van der Waals surface area (Å²) in [6, 6.07) is -0.193. The third-order valence-electron chi connectivity index (χ3n) is 3.00. The third kappa shape index (κ3) is 3.70. The number of nitrogens with two attached hydrogens (primary N) is 1. The molecule has 0 spiro atoms. The van der Waals surface area contributed by atoms with Crippen LogP contribution in [0.1, 0.15) is 51.4 Å². The number of ether oxygens (including phenoxy) is 1. The smallest absolute Gasteiger partial charge is 0.243 e. The van der Waals surface area contributed by atoms with Crippen molar-refractivity contribution in [3.8, 4) is 0 Å². The molecule has 0 amide bonds. The highest BCUT2D eigenvalue weighted by molar-refractivity contribution is 7.98. The molecule has 5 nitrogen and oxygen atoms in total. The standard InChI is InChI=1S/C12H23N3O2S/c1-5-12(3,16-6-2)11-14-10(17-15-11)9(13)7-8-18-4/h9H,5-8,13H2,1-4H3/t9-,12?/m1/s1. The van der Waals surface area contributed by atoms with Gasteiger partial charge in [0, 0.05) is 6.61 Å². The van der Waals surface area contributed by atoms with E-state index in [-0.39, 0.29) is 6.04 Å². The quantitative estimate of drug-likeness (QED) is 0.784. The fourth-order valence-electron chi connectivity index (χ4n) is 1.61. The lowest BCUT2D eigenvalue weighted by atomic mass is 10.0. The summed E-state index contributed by atoms with van der Waals surface area (Å²) in [5.41, 5.74) is 5.51. The minimum absolute atomic E-state index is 0.193. The molecule has 2 atom stereocenters. The van der Waals surface area contributed by atoms with Crippen LogP contribution in [-0.4, -0.2) is 28.8 Å². The maximum Gasteiger partial charge on any atom is 0.243 e. The van der Waals surface area contributed by atoms with E-state index in [1.165, 1.54) is 0 Å². The van der Waals surface area contributed by atoms with Crippen molar-refractivity contribution in [2.75, 3.05) is 18.6 Å². The Kier molecular flexibility index (Phi) is 6.11. The number of hydrogen-bond acceptors (Lipinski definition) is 6. The molecular formula is C12H23N3O2S. The van der Waals surface area contributed by atoms with E-state index in [1.807, 2.05) is 20.8 Å². The van der Waals surface area contributed by atoms with E-state index in [1.54, 1.807) is 11.8 Å². The highest BCUT2D eigenvalue weighted by Crippen LogP contribution is 2.27. The number of thioether (sulfide) groups is 1. The molecule has 1 aromatic heterocycles. The van der Waals surface area contributed by atoms with Crippen LogP contribution in [0.5, 0.6) is 0 Å². The van der Waals surface area contributed by atoms with E-state index < -0.39 is 5.60 Å². The summed E-state index contributed by atoms with van der Waals surface area (Å²) in [5.74, 6) is 2.06. The summed E-state index contributed by atoms with van der Waals surface area (Å²) >= 11 is 1.76. The van der Waals surface area contributed by atoms with E-state index in [0.29, 0.717) is 18.3 Å². The molecule has 1 heterocycles. The van der Waals surface area contributed by atoms with Crippen LogP contribution in [0.2, 0.25) is 0 Å². The van der Waals surface area contributed by atoms with E-state index in [2.05, 4.69) is 16.4 Å². The molecule has 0 aliphatic heterocycles. The molecule has 1 rings (SSSR count). The van der Waals surface area contributed by atoms with Gasteiger partial charge in [-0.1, -0.05) is 12.1 Å².